The molecule has 4 nitrogen and oxygen atoms in total. The van der Waals surface area contributed by atoms with Crippen molar-refractivity contribution in [3.05, 3.63) is 46.0 Å². The molecule has 20 heavy (non-hydrogen) atoms. The maximum atomic E-state index is 13.4. The summed E-state index contributed by atoms with van der Waals surface area (Å²) >= 11 is 11.3. The van der Waals surface area contributed by atoms with E-state index in [0.29, 0.717) is 4.34 Å². The Bertz CT molecular complexity index is 774. The van der Waals surface area contributed by atoms with Crippen LogP contribution in [0.3, 0.4) is 0 Å². The third kappa shape index (κ3) is 3.26. The predicted molar refractivity (Wildman–Crippen MR) is 82.4 cm³/mol. The molecule has 0 atom stereocenters. The van der Waals surface area contributed by atoms with Gasteiger partial charge in [0.05, 0.1) is 4.34 Å². The molecule has 1 aromatic carbocycles. The Morgan fingerprint density at radius 2 is 2.05 bits per heavy atom. The van der Waals surface area contributed by atoms with Gasteiger partial charge in [-0.2, -0.15) is 0 Å². The first-order valence-electron chi connectivity index (χ1n) is 5.17. The number of hydrogen-bond acceptors (Lipinski definition) is 4. The SMILES string of the molecule is NC(=S)c1cc(NS(=O)(=O)c2ccc(Cl)s2)ccc1F. The molecular formula is C11H8ClFN2O2S3. The first kappa shape index (κ1) is 15.2. The zero-order valence-electron chi connectivity index (χ0n) is 9.76. The van der Waals surface area contributed by atoms with Crippen LogP contribution in [0.5, 0.6) is 0 Å². The van der Waals surface area contributed by atoms with Crippen molar-refractivity contribution in [2.45, 2.75) is 4.21 Å². The van der Waals surface area contributed by atoms with Crippen molar-refractivity contribution >= 4 is 55.9 Å². The number of anilines is 1. The molecule has 0 saturated carbocycles. The summed E-state index contributed by atoms with van der Waals surface area (Å²) in [6.45, 7) is 0. The summed E-state index contributed by atoms with van der Waals surface area (Å²) in [5.41, 5.74) is 5.50. The fourth-order valence-corrected chi connectivity index (χ4v) is 4.11. The normalized spacial score (nSPS) is 11.3. The fourth-order valence-electron chi connectivity index (χ4n) is 1.43. The van der Waals surface area contributed by atoms with Crippen LogP contribution in [-0.2, 0) is 10.0 Å². The summed E-state index contributed by atoms with van der Waals surface area (Å²) in [5, 5.41) is 0. The zero-order chi connectivity index (χ0) is 14.9. The standard InChI is InChI=1S/C11H8ClFN2O2S3/c12-9-3-4-10(19-9)20(16,17)15-6-1-2-8(13)7(5-6)11(14)18/h1-5,15H,(H2,14,18). The largest absolute Gasteiger partial charge is 0.389 e. The summed E-state index contributed by atoms with van der Waals surface area (Å²) in [5.74, 6) is -0.611. The zero-order valence-corrected chi connectivity index (χ0v) is 13.0. The number of nitrogens with one attached hydrogen (secondary N) is 1. The molecule has 2 aromatic rings. The van der Waals surface area contributed by atoms with E-state index in [-0.39, 0.29) is 20.4 Å². The van der Waals surface area contributed by atoms with Crippen LogP contribution >= 0.6 is 35.2 Å². The Labute approximate surface area is 129 Å². The highest BCUT2D eigenvalue weighted by molar-refractivity contribution is 7.94. The summed E-state index contributed by atoms with van der Waals surface area (Å²) in [6, 6.07) is 6.47. The molecule has 0 bridgehead atoms. The highest BCUT2D eigenvalue weighted by Gasteiger charge is 2.17. The van der Waals surface area contributed by atoms with Crippen LogP contribution in [-0.4, -0.2) is 13.4 Å². The van der Waals surface area contributed by atoms with Gasteiger partial charge in [0.1, 0.15) is 15.0 Å². The van der Waals surface area contributed by atoms with E-state index in [9.17, 15) is 12.8 Å². The van der Waals surface area contributed by atoms with Gasteiger partial charge in [0.25, 0.3) is 10.0 Å². The van der Waals surface area contributed by atoms with Gasteiger partial charge in [-0.05, 0) is 30.3 Å². The van der Waals surface area contributed by atoms with Gasteiger partial charge in [-0.15, -0.1) is 11.3 Å². The topological polar surface area (TPSA) is 72.2 Å². The molecule has 0 radical (unpaired) electrons. The number of nitrogens with two attached hydrogens (primary N) is 1. The van der Waals surface area contributed by atoms with Gasteiger partial charge in [0.15, 0.2) is 0 Å². The Morgan fingerprint density at radius 1 is 1.35 bits per heavy atom. The molecular weight excluding hydrogens is 343 g/mol. The van der Waals surface area contributed by atoms with Crippen LogP contribution < -0.4 is 10.5 Å². The van der Waals surface area contributed by atoms with Gasteiger partial charge in [-0.3, -0.25) is 4.72 Å². The third-order valence-corrected chi connectivity index (χ3v) is 5.62. The quantitative estimate of drug-likeness (QED) is 0.831. The average molecular weight is 351 g/mol. The van der Waals surface area contributed by atoms with Crippen molar-refractivity contribution in [2.75, 3.05) is 4.72 Å². The molecule has 0 spiro atoms. The second kappa shape index (κ2) is 5.65. The lowest BCUT2D eigenvalue weighted by atomic mass is 10.2. The van der Waals surface area contributed by atoms with Gasteiger partial charge in [0.2, 0.25) is 0 Å². The number of rotatable bonds is 4. The van der Waals surface area contributed by atoms with Crippen molar-refractivity contribution in [1.82, 2.24) is 0 Å². The predicted octanol–water partition coefficient (Wildman–Crippen LogP) is 2.98. The number of benzene rings is 1. The van der Waals surface area contributed by atoms with Gasteiger partial charge in [-0.1, -0.05) is 23.8 Å². The van der Waals surface area contributed by atoms with Crippen LogP contribution in [0, 0.1) is 5.82 Å². The van der Waals surface area contributed by atoms with Crippen molar-refractivity contribution < 1.29 is 12.8 Å². The summed E-state index contributed by atoms with van der Waals surface area (Å²) in [6.07, 6.45) is 0. The van der Waals surface area contributed by atoms with Crippen molar-refractivity contribution in [2.24, 2.45) is 5.73 Å². The lowest BCUT2D eigenvalue weighted by Crippen LogP contribution is -2.15. The highest BCUT2D eigenvalue weighted by Crippen LogP contribution is 2.27. The van der Waals surface area contributed by atoms with Crippen molar-refractivity contribution in [3.8, 4) is 0 Å². The smallest absolute Gasteiger partial charge is 0.271 e. The van der Waals surface area contributed by atoms with Crippen LogP contribution in [0.2, 0.25) is 4.34 Å². The second-order valence-electron chi connectivity index (χ2n) is 3.72. The first-order chi connectivity index (χ1) is 9.29. The van der Waals surface area contributed by atoms with Gasteiger partial charge >= 0.3 is 0 Å². The van der Waals surface area contributed by atoms with Gasteiger partial charge in [-0.25, -0.2) is 12.8 Å². The van der Waals surface area contributed by atoms with E-state index in [1.165, 1.54) is 24.3 Å². The van der Waals surface area contributed by atoms with E-state index in [0.717, 1.165) is 17.4 Å². The fraction of sp³-hybridized carbons (Fsp3) is 0. The molecule has 3 N–H and O–H groups in total. The molecule has 1 heterocycles. The Hall–Kier alpha value is -1.22. The van der Waals surface area contributed by atoms with Crippen molar-refractivity contribution in [1.29, 1.82) is 0 Å². The van der Waals surface area contributed by atoms with E-state index in [2.05, 4.69) is 4.72 Å². The molecule has 106 valence electrons. The van der Waals surface area contributed by atoms with Crippen LogP contribution in [0.1, 0.15) is 5.56 Å². The van der Waals surface area contributed by atoms with Gasteiger partial charge < -0.3 is 5.73 Å². The molecule has 0 aliphatic rings. The number of thiophene rings is 1. The minimum Gasteiger partial charge on any atom is -0.389 e. The molecule has 9 heteroatoms. The molecule has 1 aromatic heterocycles. The van der Waals surface area contributed by atoms with Crippen LogP contribution in [0.25, 0.3) is 0 Å². The molecule has 0 saturated heterocycles. The van der Waals surface area contributed by atoms with E-state index >= 15 is 0 Å². The molecule has 0 fully saturated rings. The average Bonchev–Trinajstić information content (AvgIpc) is 2.78. The number of thiocarbonyl (C=S) groups is 1. The summed E-state index contributed by atoms with van der Waals surface area (Å²) in [4.78, 5) is -0.150. The molecule has 2 rings (SSSR count). The Morgan fingerprint density at radius 3 is 2.60 bits per heavy atom. The minimum atomic E-state index is -3.77. The third-order valence-electron chi connectivity index (χ3n) is 2.30. The Balaban J connectivity index is 2.35. The number of sulfonamides is 1. The summed E-state index contributed by atoms with van der Waals surface area (Å²) in [7, 11) is -3.77. The molecule has 0 amide bonds. The maximum absolute atomic E-state index is 13.4. The highest BCUT2D eigenvalue weighted by atomic mass is 35.5. The lowest BCUT2D eigenvalue weighted by Gasteiger charge is -2.08. The van der Waals surface area contributed by atoms with Crippen LogP contribution in [0.15, 0.2) is 34.5 Å². The molecule has 0 unspecified atom stereocenters. The molecule has 0 aliphatic carbocycles. The lowest BCUT2D eigenvalue weighted by molar-refractivity contribution is 0.603. The monoisotopic (exact) mass is 350 g/mol. The molecule has 0 aliphatic heterocycles. The van der Waals surface area contributed by atoms with Crippen LogP contribution in [0.4, 0.5) is 10.1 Å². The minimum absolute atomic E-state index is 0.0237. The second-order valence-corrected chi connectivity index (χ2v) is 7.79. The van der Waals surface area contributed by atoms with E-state index in [4.69, 9.17) is 29.6 Å². The number of hydrogen-bond donors (Lipinski definition) is 2. The number of halogens is 2. The maximum Gasteiger partial charge on any atom is 0.271 e. The first-order valence-corrected chi connectivity index (χ1v) is 8.26. The Kier molecular flexibility index (Phi) is 4.28. The van der Waals surface area contributed by atoms with Gasteiger partial charge in [0, 0.05) is 11.3 Å². The van der Waals surface area contributed by atoms with Crippen molar-refractivity contribution in [3.63, 3.8) is 0 Å². The van der Waals surface area contributed by atoms with E-state index < -0.39 is 15.8 Å². The van der Waals surface area contributed by atoms with E-state index in [1.54, 1.807) is 0 Å². The summed E-state index contributed by atoms with van der Waals surface area (Å²) < 4.78 is 40.3. The van der Waals surface area contributed by atoms with E-state index in [1.807, 2.05) is 0 Å².